The van der Waals surface area contributed by atoms with Crippen molar-refractivity contribution in [1.82, 2.24) is 10.3 Å². The first-order valence-corrected chi connectivity index (χ1v) is 5.36. The fourth-order valence-corrected chi connectivity index (χ4v) is 1.77. The van der Waals surface area contributed by atoms with E-state index in [1.165, 1.54) is 12.8 Å². The molecule has 0 aromatic carbocycles. The van der Waals surface area contributed by atoms with Gasteiger partial charge in [0.2, 0.25) is 0 Å². The smallest absolute Gasteiger partial charge is 0.137 e. The van der Waals surface area contributed by atoms with Crippen molar-refractivity contribution in [1.29, 1.82) is 0 Å². The van der Waals surface area contributed by atoms with Crippen LogP contribution in [-0.2, 0) is 0 Å². The summed E-state index contributed by atoms with van der Waals surface area (Å²) in [6.45, 7) is 2.15. The van der Waals surface area contributed by atoms with Crippen molar-refractivity contribution in [3.8, 4) is 5.75 Å². The van der Waals surface area contributed by atoms with Gasteiger partial charge in [-0.25, -0.2) is 4.98 Å². The van der Waals surface area contributed by atoms with Crippen LogP contribution in [-0.4, -0.2) is 31.2 Å². The van der Waals surface area contributed by atoms with E-state index in [9.17, 15) is 0 Å². The van der Waals surface area contributed by atoms with Crippen molar-refractivity contribution in [3.05, 3.63) is 18.3 Å². The molecule has 1 aromatic rings. The molecule has 1 aromatic heterocycles. The topological polar surface area (TPSA) is 46.2 Å². The Morgan fingerprint density at radius 3 is 3.07 bits per heavy atom. The largest absolute Gasteiger partial charge is 0.495 e. The van der Waals surface area contributed by atoms with Gasteiger partial charge >= 0.3 is 0 Å². The van der Waals surface area contributed by atoms with Gasteiger partial charge < -0.3 is 15.4 Å². The Hall–Kier alpha value is -1.29. The van der Waals surface area contributed by atoms with Gasteiger partial charge in [-0.05, 0) is 31.5 Å². The summed E-state index contributed by atoms with van der Waals surface area (Å²) in [6, 6.07) is 4.37. The molecule has 4 heteroatoms. The van der Waals surface area contributed by atoms with Gasteiger partial charge in [-0.2, -0.15) is 0 Å². The molecule has 1 aliphatic rings. The van der Waals surface area contributed by atoms with Crippen LogP contribution in [0, 0.1) is 0 Å². The Morgan fingerprint density at radius 1 is 1.53 bits per heavy atom. The Kier molecular flexibility index (Phi) is 3.40. The maximum Gasteiger partial charge on any atom is 0.137 e. The van der Waals surface area contributed by atoms with Crippen LogP contribution in [0.25, 0.3) is 0 Å². The van der Waals surface area contributed by atoms with E-state index in [0.29, 0.717) is 6.04 Å². The monoisotopic (exact) mass is 207 g/mol. The van der Waals surface area contributed by atoms with Crippen LogP contribution in [0.1, 0.15) is 12.8 Å². The number of aromatic nitrogens is 1. The molecule has 1 fully saturated rings. The molecule has 82 valence electrons. The lowest BCUT2D eigenvalue weighted by Gasteiger charge is -2.24. The first-order chi connectivity index (χ1) is 7.38. The molecule has 15 heavy (non-hydrogen) atoms. The number of hydrogen-bond acceptors (Lipinski definition) is 4. The Balaban J connectivity index is 1.91. The van der Waals surface area contributed by atoms with Gasteiger partial charge in [0.15, 0.2) is 0 Å². The molecule has 0 amide bonds. The van der Waals surface area contributed by atoms with E-state index in [1.54, 1.807) is 13.3 Å². The van der Waals surface area contributed by atoms with Gasteiger partial charge in [-0.3, -0.25) is 0 Å². The minimum absolute atomic E-state index is 0.500. The number of nitrogens with zero attached hydrogens (tertiary/aromatic N) is 1. The normalized spacial score (nSPS) is 21.0. The first kappa shape index (κ1) is 10.2. The first-order valence-electron chi connectivity index (χ1n) is 5.36. The van der Waals surface area contributed by atoms with Crippen molar-refractivity contribution >= 4 is 5.82 Å². The number of nitrogens with one attached hydrogen (secondary N) is 2. The number of anilines is 1. The fraction of sp³-hybridized carbons (Fsp3) is 0.545. The fourth-order valence-electron chi connectivity index (χ4n) is 1.77. The zero-order chi connectivity index (χ0) is 10.5. The van der Waals surface area contributed by atoms with Crippen LogP contribution in [0.15, 0.2) is 18.3 Å². The highest BCUT2D eigenvalue weighted by molar-refractivity contribution is 5.38. The molecule has 0 saturated carbocycles. The molecule has 1 unspecified atom stereocenters. The number of pyridine rings is 1. The Labute approximate surface area is 90.0 Å². The van der Waals surface area contributed by atoms with Crippen LogP contribution in [0.5, 0.6) is 5.75 Å². The van der Waals surface area contributed by atoms with Crippen LogP contribution < -0.4 is 15.4 Å². The molecule has 1 aliphatic heterocycles. The molecule has 2 rings (SSSR count). The number of rotatable bonds is 3. The summed E-state index contributed by atoms with van der Waals surface area (Å²) < 4.78 is 5.06. The zero-order valence-electron chi connectivity index (χ0n) is 8.99. The number of ether oxygens (including phenoxy) is 1. The third kappa shape index (κ3) is 2.83. The van der Waals surface area contributed by atoms with Crippen LogP contribution in [0.3, 0.4) is 0 Å². The van der Waals surface area contributed by atoms with E-state index in [4.69, 9.17) is 4.74 Å². The number of methoxy groups -OCH3 is 1. The summed E-state index contributed by atoms with van der Waals surface area (Å²) in [4.78, 5) is 4.28. The molecule has 4 nitrogen and oxygen atoms in total. The van der Waals surface area contributed by atoms with Crippen molar-refractivity contribution in [3.63, 3.8) is 0 Å². The third-order valence-electron chi connectivity index (χ3n) is 2.62. The van der Waals surface area contributed by atoms with E-state index in [1.807, 2.05) is 12.1 Å². The summed E-state index contributed by atoms with van der Waals surface area (Å²) >= 11 is 0. The lowest BCUT2D eigenvalue weighted by atomic mass is 10.1. The van der Waals surface area contributed by atoms with Crippen LogP contribution >= 0.6 is 0 Å². The molecule has 0 bridgehead atoms. The molecule has 1 atom stereocenters. The van der Waals surface area contributed by atoms with E-state index in [2.05, 4.69) is 15.6 Å². The van der Waals surface area contributed by atoms with E-state index < -0.39 is 0 Å². The molecule has 0 spiro atoms. The van der Waals surface area contributed by atoms with Crippen molar-refractivity contribution in [2.45, 2.75) is 18.9 Å². The van der Waals surface area contributed by atoms with Crippen LogP contribution in [0.4, 0.5) is 5.82 Å². The third-order valence-corrected chi connectivity index (χ3v) is 2.62. The lowest BCUT2D eigenvalue weighted by Crippen LogP contribution is -2.38. The molecule has 2 N–H and O–H groups in total. The number of hydrogen-bond donors (Lipinski definition) is 2. The highest BCUT2D eigenvalue weighted by atomic mass is 16.5. The molecular weight excluding hydrogens is 190 g/mol. The molecule has 2 heterocycles. The predicted molar refractivity (Wildman–Crippen MR) is 60.3 cm³/mol. The van der Waals surface area contributed by atoms with Gasteiger partial charge in [0.1, 0.15) is 11.6 Å². The van der Waals surface area contributed by atoms with Gasteiger partial charge in [0.25, 0.3) is 0 Å². The summed E-state index contributed by atoms with van der Waals surface area (Å²) in [7, 11) is 1.65. The quantitative estimate of drug-likeness (QED) is 0.783. The predicted octanol–water partition coefficient (Wildman–Crippen LogP) is 1.25. The molecular formula is C11H17N3O. The van der Waals surface area contributed by atoms with Gasteiger partial charge in [-0.1, -0.05) is 0 Å². The lowest BCUT2D eigenvalue weighted by molar-refractivity contribution is 0.413. The summed E-state index contributed by atoms with van der Waals surface area (Å²) in [6.07, 6.45) is 4.17. The highest BCUT2D eigenvalue weighted by Gasteiger charge is 2.12. The minimum Gasteiger partial charge on any atom is -0.495 e. The zero-order valence-corrected chi connectivity index (χ0v) is 8.99. The second-order valence-corrected chi connectivity index (χ2v) is 3.77. The van der Waals surface area contributed by atoms with Crippen molar-refractivity contribution < 1.29 is 4.74 Å². The summed E-state index contributed by atoms with van der Waals surface area (Å²) in [5.41, 5.74) is 0. The second kappa shape index (κ2) is 4.98. The molecule has 0 aliphatic carbocycles. The van der Waals surface area contributed by atoms with Gasteiger partial charge in [0, 0.05) is 12.6 Å². The van der Waals surface area contributed by atoms with Crippen molar-refractivity contribution in [2.24, 2.45) is 0 Å². The maximum absolute atomic E-state index is 5.06. The van der Waals surface area contributed by atoms with E-state index in [-0.39, 0.29) is 0 Å². The Bertz CT molecular complexity index is 293. The Morgan fingerprint density at radius 2 is 2.47 bits per heavy atom. The average molecular weight is 207 g/mol. The van der Waals surface area contributed by atoms with Gasteiger partial charge in [0.05, 0.1) is 13.3 Å². The summed E-state index contributed by atoms with van der Waals surface area (Å²) in [5.74, 6) is 1.71. The van der Waals surface area contributed by atoms with Crippen molar-refractivity contribution in [2.75, 3.05) is 25.5 Å². The molecule has 0 radical (unpaired) electrons. The highest BCUT2D eigenvalue weighted by Crippen LogP contribution is 2.13. The van der Waals surface area contributed by atoms with E-state index >= 15 is 0 Å². The maximum atomic E-state index is 5.06. The average Bonchev–Trinajstić information content (AvgIpc) is 2.31. The molecule has 1 saturated heterocycles. The summed E-state index contributed by atoms with van der Waals surface area (Å²) in [5, 5.41) is 6.77. The second-order valence-electron chi connectivity index (χ2n) is 3.77. The van der Waals surface area contributed by atoms with Gasteiger partial charge in [-0.15, -0.1) is 0 Å². The van der Waals surface area contributed by atoms with Crippen LogP contribution in [0.2, 0.25) is 0 Å². The SMILES string of the molecule is COc1ccc(NC2CCCNC2)nc1. The standard InChI is InChI=1S/C11H17N3O/c1-15-10-4-5-11(13-8-10)14-9-3-2-6-12-7-9/h4-5,8-9,12H,2-3,6-7H2,1H3,(H,13,14). The number of piperidine rings is 1. The van der Waals surface area contributed by atoms with E-state index in [0.717, 1.165) is 24.7 Å². The minimum atomic E-state index is 0.500.